The van der Waals surface area contributed by atoms with E-state index in [1.165, 1.54) is 12.1 Å². The summed E-state index contributed by atoms with van der Waals surface area (Å²) >= 11 is 0. The quantitative estimate of drug-likeness (QED) is 0.470. The summed E-state index contributed by atoms with van der Waals surface area (Å²) < 4.78 is 21.0. The standard InChI is InChI=1S/C25H21FN4O2/c1-30-25(13-22(29-30)18-7-9-20(26)10-8-18)32-24-12-16(14-27)2-11-21(24)17-3-5-19(6-4-17)23(31)15-28/h2-13,23,31H,15,28H2,1H3. The molecule has 0 aliphatic carbocycles. The highest BCUT2D eigenvalue weighted by atomic mass is 19.1. The van der Waals surface area contributed by atoms with Crippen molar-refractivity contribution in [3.8, 4) is 40.1 Å². The summed E-state index contributed by atoms with van der Waals surface area (Å²) in [5, 5.41) is 23.7. The van der Waals surface area contributed by atoms with Crippen molar-refractivity contribution in [2.45, 2.75) is 6.10 Å². The van der Waals surface area contributed by atoms with Crippen LogP contribution in [0.15, 0.2) is 72.8 Å². The number of rotatable bonds is 6. The first-order valence-electron chi connectivity index (χ1n) is 9.99. The lowest BCUT2D eigenvalue weighted by molar-refractivity contribution is 0.187. The van der Waals surface area contributed by atoms with E-state index in [1.807, 2.05) is 30.3 Å². The van der Waals surface area contributed by atoms with Crippen molar-refractivity contribution in [3.63, 3.8) is 0 Å². The Morgan fingerprint density at radius 2 is 1.75 bits per heavy atom. The number of aliphatic hydroxyl groups is 1. The largest absolute Gasteiger partial charge is 0.439 e. The Kier molecular flexibility index (Phi) is 5.99. The van der Waals surface area contributed by atoms with Crippen molar-refractivity contribution in [1.29, 1.82) is 5.26 Å². The van der Waals surface area contributed by atoms with Gasteiger partial charge in [-0.15, -0.1) is 0 Å². The first-order valence-corrected chi connectivity index (χ1v) is 9.99. The number of aryl methyl sites for hydroxylation is 1. The number of benzene rings is 3. The lowest BCUT2D eigenvalue weighted by Gasteiger charge is -2.13. The molecule has 0 fully saturated rings. The molecular formula is C25H21FN4O2. The van der Waals surface area contributed by atoms with Crippen LogP contribution in [-0.2, 0) is 7.05 Å². The highest BCUT2D eigenvalue weighted by Gasteiger charge is 2.14. The Bertz CT molecular complexity index is 1280. The van der Waals surface area contributed by atoms with Gasteiger partial charge in [0.1, 0.15) is 11.6 Å². The van der Waals surface area contributed by atoms with Crippen molar-refractivity contribution in [1.82, 2.24) is 9.78 Å². The average Bonchev–Trinajstić information content (AvgIpc) is 3.19. The van der Waals surface area contributed by atoms with Crippen molar-refractivity contribution in [2.24, 2.45) is 12.8 Å². The molecule has 160 valence electrons. The van der Waals surface area contributed by atoms with E-state index < -0.39 is 6.10 Å². The second-order valence-corrected chi connectivity index (χ2v) is 7.30. The molecule has 1 heterocycles. The summed E-state index contributed by atoms with van der Waals surface area (Å²) in [6, 6.07) is 22.5. The third kappa shape index (κ3) is 4.37. The number of halogens is 1. The van der Waals surface area contributed by atoms with E-state index in [0.717, 1.165) is 22.3 Å². The maximum absolute atomic E-state index is 13.2. The van der Waals surface area contributed by atoms with Gasteiger partial charge in [-0.05, 0) is 53.6 Å². The smallest absolute Gasteiger partial charge is 0.218 e. The molecule has 1 atom stereocenters. The first kappa shape index (κ1) is 21.2. The van der Waals surface area contributed by atoms with Gasteiger partial charge in [-0.25, -0.2) is 9.07 Å². The number of aromatic nitrogens is 2. The zero-order valence-corrected chi connectivity index (χ0v) is 17.4. The molecule has 3 aromatic carbocycles. The van der Waals surface area contributed by atoms with Gasteiger partial charge in [0, 0.05) is 30.8 Å². The topological polar surface area (TPSA) is 97.1 Å². The molecule has 0 amide bonds. The molecule has 0 bridgehead atoms. The van der Waals surface area contributed by atoms with Crippen LogP contribution in [0.25, 0.3) is 22.4 Å². The predicted molar refractivity (Wildman–Crippen MR) is 119 cm³/mol. The monoisotopic (exact) mass is 428 g/mol. The third-order valence-corrected chi connectivity index (χ3v) is 5.13. The molecular weight excluding hydrogens is 407 g/mol. The minimum atomic E-state index is -0.722. The number of ether oxygens (including phenoxy) is 1. The molecule has 0 spiro atoms. The molecule has 3 N–H and O–H groups in total. The second-order valence-electron chi connectivity index (χ2n) is 7.30. The molecule has 7 heteroatoms. The zero-order chi connectivity index (χ0) is 22.7. The maximum atomic E-state index is 13.2. The molecule has 0 aliphatic heterocycles. The highest BCUT2D eigenvalue weighted by Crippen LogP contribution is 2.36. The van der Waals surface area contributed by atoms with E-state index in [4.69, 9.17) is 10.5 Å². The fourth-order valence-electron chi connectivity index (χ4n) is 3.36. The Morgan fingerprint density at radius 1 is 1.06 bits per heavy atom. The molecule has 0 saturated carbocycles. The van der Waals surface area contributed by atoms with Gasteiger partial charge in [0.05, 0.1) is 23.4 Å². The van der Waals surface area contributed by atoms with E-state index in [-0.39, 0.29) is 12.4 Å². The second kappa shape index (κ2) is 9.02. The van der Waals surface area contributed by atoms with Crippen molar-refractivity contribution < 1.29 is 14.2 Å². The Balaban J connectivity index is 1.70. The van der Waals surface area contributed by atoms with Gasteiger partial charge in [0.15, 0.2) is 0 Å². The van der Waals surface area contributed by atoms with Crippen LogP contribution in [0.2, 0.25) is 0 Å². The minimum absolute atomic E-state index is 0.140. The first-order chi connectivity index (χ1) is 15.5. The van der Waals surface area contributed by atoms with Crippen molar-refractivity contribution >= 4 is 0 Å². The molecule has 1 unspecified atom stereocenters. The molecule has 0 radical (unpaired) electrons. The zero-order valence-electron chi connectivity index (χ0n) is 17.4. The van der Waals surface area contributed by atoms with Crippen LogP contribution in [0.1, 0.15) is 17.2 Å². The Hall–Kier alpha value is -3.99. The van der Waals surface area contributed by atoms with Gasteiger partial charge >= 0.3 is 0 Å². The Morgan fingerprint density at radius 3 is 2.41 bits per heavy atom. The van der Waals surface area contributed by atoms with E-state index in [0.29, 0.717) is 22.9 Å². The molecule has 0 saturated heterocycles. The van der Waals surface area contributed by atoms with E-state index in [2.05, 4.69) is 11.2 Å². The predicted octanol–water partition coefficient (Wildman–Crippen LogP) is 4.55. The summed E-state index contributed by atoms with van der Waals surface area (Å²) in [7, 11) is 1.75. The van der Waals surface area contributed by atoms with Crippen LogP contribution < -0.4 is 10.5 Å². The summed E-state index contributed by atoms with van der Waals surface area (Å²) in [5.74, 6) is 0.643. The summed E-state index contributed by atoms with van der Waals surface area (Å²) in [5.41, 5.74) is 9.76. The number of hydrogen-bond donors (Lipinski definition) is 2. The van der Waals surface area contributed by atoms with Crippen LogP contribution >= 0.6 is 0 Å². The minimum Gasteiger partial charge on any atom is -0.439 e. The number of nitrogens with zero attached hydrogens (tertiary/aromatic N) is 3. The molecule has 4 rings (SSSR count). The molecule has 6 nitrogen and oxygen atoms in total. The summed E-state index contributed by atoms with van der Waals surface area (Å²) in [6.45, 7) is 0.140. The van der Waals surface area contributed by atoms with E-state index in [9.17, 15) is 14.8 Å². The van der Waals surface area contributed by atoms with Crippen molar-refractivity contribution in [3.05, 3.63) is 89.7 Å². The van der Waals surface area contributed by atoms with Gasteiger partial charge in [-0.3, -0.25) is 0 Å². The fourth-order valence-corrected chi connectivity index (χ4v) is 3.36. The molecule has 4 aromatic rings. The molecule has 0 aliphatic rings. The van der Waals surface area contributed by atoms with Gasteiger partial charge in [-0.2, -0.15) is 10.4 Å². The number of hydrogen-bond acceptors (Lipinski definition) is 5. The van der Waals surface area contributed by atoms with Crippen LogP contribution in [-0.4, -0.2) is 21.4 Å². The average molecular weight is 428 g/mol. The van der Waals surface area contributed by atoms with Gasteiger partial charge in [-0.1, -0.05) is 24.3 Å². The van der Waals surface area contributed by atoms with Crippen LogP contribution in [0, 0.1) is 17.1 Å². The van der Waals surface area contributed by atoms with Crippen LogP contribution in [0.3, 0.4) is 0 Å². The lowest BCUT2D eigenvalue weighted by Crippen LogP contribution is -2.11. The Labute approximate surface area is 184 Å². The highest BCUT2D eigenvalue weighted by molar-refractivity contribution is 5.72. The van der Waals surface area contributed by atoms with Crippen LogP contribution in [0.4, 0.5) is 4.39 Å². The number of aliphatic hydroxyl groups excluding tert-OH is 1. The van der Waals surface area contributed by atoms with Gasteiger partial charge in [0.25, 0.3) is 0 Å². The maximum Gasteiger partial charge on any atom is 0.218 e. The number of nitriles is 1. The van der Waals surface area contributed by atoms with Crippen molar-refractivity contribution in [2.75, 3.05) is 6.54 Å². The van der Waals surface area contributed by atoms with Gasteiger partial charge < -0.3 is 15.6 Å². The van der Waals surface area contributed by atoms with Gasteiger partial charge in [0.2, 0.25) is 5.88 Å². The lowest BCUT2D eigenvalue weighted by atomic mass is 10.00. The third-order valence-electron chi connectivity index (χ3n) is 5.13. The van der Waals surface area contributed by atoms with E-state index >= 15 is 0 Å². The molecule has 1 aromatic heterocycles. The summed E-state index contributed by atoms with van der Waals surface area (Å²) in [6.07, 6.45) is -0.722. The number of nitrogens with two attached hydrogens (primary N) is 1. The normalized spacial score (nSPS) is 11.7. The van der Waals surface area contributed by atoms with Crippen LogP contribution in [0.5, 0.6) is 11.6 Å². The molecule has 32 heavy (non-hydrogen) atoms. The summed E-state index contributed by atoms with van der Waals surface area (Å²) in [4.78, 5) is 0. The van der Waals surface area contributed by atoms with E-state index in [1.54, 1.807) is 42.1 Å². The SMILES string of the molecule is Cn1nc(-c2ccc(F)cc2)cc1Oc1cc(C#N)ccc1-c1ccc(C(O)CN)cc1. The fraction of sp³-hybridized carbons (Fsp3) is 0.120.